The Hall–Kier alpha value is -5.62. The average molecular weight is 735 g/mol. The lowest BCUT2D eigenvalue weighted by Gasteiger charge is -2.22. The van der Waals surface area contributed by atoms with Gasteiger partial charge in [-0.15, -0.1) is 0 Å². The second-order valence-corrected chi connectivity index (χ2v) is 12.2. The highest BCUT2D eigenvalue weighted by Crippen LogP contribution is 2.29. The largest absolute Gasteiger partial charge is 0.498 e. The number of halogens is 3. The molecule has 2 aromatic rings. The van der Waals surface area contributed by atoms with Gasteiger partial charge in [-0.2, -0.15) is 28.1 Å². The van der Waals surface area contributed by atoms with Crippen LogP contribution in [0.2, 0.25) is 0 Å². The van der Waals surface area contributed by atoms with Gasteiger partial charge in [0.05, 0.1) is 24.5 Å². The van der Waals surface area contributed by atoms with Gasteiger partial charge in [0, 0.05) is 45.4 Å². The number of hydrogen-bond acceptors (Lipinski definition) is 12. The van der Waals surface area contributed by atoms with Crippen LogP contribution in [0.5, 0.6) is 11.8 Å². The zero-order chi connectivity index (χ0) is 37.8. The Balaban J connectivity index is 1.61. The van der Waals surface area contributed by atoms with Crippen molar-refractivity contribution in [3.63, 3.8) is 0 Å². The third-order valence-electron chi connectivity index (χ3n) is 7.79. The summed E-state index contributed by atoms with van der Waals surface area (Å²) in [4.78, 5) is 62.5. The Labute approximate surface area is 297 Å². The molecule has 282 valence electrons. The van der Waals surface area contributed by atoms with Crippen LogP contribution < -0.4 is 30.7 Å². The molecule has 0 fully saturated rings. The topological polar surface area (TPSA) is 206 Å². The molecule has 3 aliphatic rings. The molecule has 19 heteroatoms. The Bertz CT molecular complexity index is 1680. The number of hydrogen-bond donors (Lipinski definition) is 5. The minimum Gasteiger partial charge on any atom is -0.498 e. The number of carbonyl (C=O) groups is 4. The number of benzene rings is 1. The SMILES string of the molecule is CC1CC2=CC=C1CNc1nc(nc(OCC(F)(F)F)n1)Nc1ccc(C(=O)N[C@@H](CNC(=O)C(=O)N(C)C)C(=O)O)c(c1)OCCCCCCO2. The molecule has 0 saturated heterocycles. The number of likely N-dealkylation sites (N-methyl/N-ethyl adjacent to an activating group) is 1. The molecule has 0 radical (unpaired) electrons. The van der Waals surface area contributed by atoms with Crippen LogP contribution in [0, 0.1) is 5.92 Å². The van der Waals surface area contributed by atoms with Crippen molar-refractivity contribution in [1.82, 2.24) is 30.5 Å². The van der Waals surface area contributed by atoms with E-state index < -0.39 is 55.1 Å². The van der Waals surface area contributed by atoms with Crippen LogP contribution in [-0.2, 0) is 19.1 Å². The minimum atomic E-state index is -4.65. The van der Waals surface area contributed by atoms with Crippen LogP contribution in [-0.4, -0.2) is 108 Å². The number of ether oxygens (including phenoxy) is 3. The summed E-state index contributed by atoms with van der Waals surface area (Å²) in [5.41, 5.74) is 1.20. The highest BCUT2D eigenvalue weighted by atomic mass is 19.4. The second-order valence-electron chi connectivity index (χ2n) is 12.2. The number of nitrogens with zero attached hydrogens (tertiary/aromatic N) is 4. The van der Waals surface area contributed by atoms with Crippen molar-refractivity contribution >= 4 is 41.3 Å². The van der Waals surface area contributed by atoms with E-state index in [1.54, 1.807) is 0 Å². The summed E-state index contributed by atoms with van der Waals surface area (Å²) in [6.07, 6.45) is 2.91. The van der Waals surface area contributed by atoms with Gasteiger partial charge in [0.1, 0.15) is 11.8 Å². The smallest absolute Gasteiger partial charge is 0.422 e. The van der Waals surface area contributed by atoms with Crippen molar-refractivity contribution < 1.29 is 51.7 Å². The van der Waals surface area contributed by atoms with Gasteiger partial charge in [0.25, 0.3) is 5.91 Å². The molecule has 1 aromatic heterocycles. The fourth-order valence-corrected chi connectivity index (χ4v) is 4.98. The normalized spacial score (nSPS) is 17.2. The van der Waals surface area contributed by atoms with E-state index in [1.807, 2.05) is 19.1 Å². The number of fused-ring (bicyclic) bond motifs is 10. The van der Waals surface area contributed by atoms with Gasteiger partial charge in [-0.3, -0.25) is 14.4 Å². The molecule has 2 atom stereocenters. The third-order valence-corrected chi connectivity index (χ3v) is 7.79. The Kier molecular flexibility index (Phi) is 13.6. The minimum absolute atomic E-state index is 0.0399. The number of aromatic nitrogens is 3. The molecular weight excluding hydrogens is 693 g/mol. The summed E-state index contributed by atoms with van der Waals surface area (Å²) >= 11 is 0. The van der Waals surface area contributed by atoms with Gasteiger partial charge in [-0.25, -0.2) is 4.79 Å². The van der Waals surface area contributed by atoms with Crippen molar-refractivity contribution in [1.29, 1.82) is 0 Å². The van der Waals surface area contributed by atoms with Gasteiger partial charge in [0.15, 0.2) is 6.61 Å². The van der Waals surface area contributed by atoms with Crippen molar-refractivity contribution in [2.45, 2.75) is 51.2 Å². The number of aliphatic carboxylic acids is 1. The zero-order valence-corrected chi connectivity index (χ0v) is 28.8. The van der Waals surface area contributed by atoms with E-state index in [0.717, 1.165) is 35.5 Å². The Morgan fingerprint density at radius 1 is 1.04 bits per heavy atom. The van der Waals surface area contributed by atoms with Crippen LogP contribution in [0.25, 0.3) is 0 Å². The maximum Gasteiger partial charge on any atom is 0.422 e. The number of alkyl halides is 3. The van der Waals surface area contributed by atoms with Crippen LogP contribution in [0.4, 0.5) is 30.8 Å². The molecule has 6 bridgehead atoms. The molecule has 3 heterocycles. The van der Waals surface area contributed by atoms with Gasteiger partial charge in [-0.05, 0) is 55.4 Å². The van der Waals surface area contributed by atoms with E-state index in [1.165, 1.54) is 32.3 Å². The molecule has 3 amide bonds. The van der Waals surface area contributed by atoms with E-state index in [2.05, 4.69) is 36.2 Å². The van der Waals surface area contributed by atoms with Crippen LogP contribution in [0.1, 0.15) is 49.4 Å². The second kappa shape index (κ2) is 18.0. The Morgan fingerprint density at radius 2 is 1.75 bits per heavy atom. The predicted octanol–water partition coefficient (Wildman–Crippen LogP) is 3.18. The monoisotopic (exact) mass is 734 g/mol. The highest BCUT2D eigenvalue weighted by molar-refractivity contribution is 6.34. The van der Waals surface area contributed by atoms with E-state index in [-0.39, 0.29) is 48.0 Å². The van der Waals surface area contributed by atoms with Crippen LogP contribution in [0.3, 0.4) is 0 Å². The number of carbonyl (C=O) groups excluding carboxylic acids is 3. The highest BCUT2D eigenvalue weighted by Gasteiger charge is 2.30. The van der Waals surface area contributed by atoms with E-state index >= 15 is 0 Å². The molecule has 1 aliphatic carbocycles. The van der Waals surface area contributed by atoms with Gasteiger partial charge in [0.2, 0.25) is 11.9 Å². The van der Waals surface area contributed by atoms with Gasteiger partial charge < -0.3 is 45.5 Å². The molecule has 0 saturated carbocycles. The van der Waals surface area contributed by atoms with Crippen molar-refractivity contribution in [2.24, 2.45) is 5.92 Å². The van der Waals surface area contributed by atoms with Crippen molar-refractivity contribution in [3.8, 4) is 11.8 Å². The first-order chi connectivity index (χ1) is 24.7. The number of carboxylic acid groups (broad SMARTS) is 1. The number of amides is 3. The summed E-state index contributed by atoms with van der Waals surface area (Å²) in [5, 5.41) is 20.1. The van der Waals surface area contributed by atoms with Gasteiger partial charge in [-0.1, -0.05) is 13.0 Å². The standard InChI is InChI=1S/C33H41F3N8O8/c1-19-14-22-10-8-20(19)16-38-30-41-31(43-32(42-30)52-18-33(34,35)36)39-21-9-11-23(25(15-21)51-13-7-5-4-6-12-50-22)26(45)40-24(29(48)49)17-37-27(46)28(47)44(2)3/h8-11,15,19,24H,4-7,12-14,16-18H2,1-3H3,(H,37,46)(H,40,45)(H,48,49)(H2,38,39,41,42,43)/t19?,24-/m0/s1. The fourth-order valence-electron chi connectivity index (χ4n) is 4.98. The molecule has 16 nitrogen and oxygen atoms in total. The maximum atomic E-state index is 13.4. The van der Waals surface area contributed by atoms with Crippen molar-refractivity contribution in [2.75, 3.05) is 57.6 Å². The molecule has 5 N–H and O–H groups in total. The number of carboxylic acids is 1. The average Bonchev–Trinajstić information content (AvgIpc) is 3.08. The number of nitrogens with one attached hydrogen (secondary N) is 4. The molecule has 1 aromatic carbocycles. The first kappa shape index (κ1) is 39.2. The molecule has 5 rings (SSSR count). The van der Waals surface area contributed by atoms with E-state index in [0.29, 0.717) is 19.4 Å². The number of allylic oxidation sites excluding steroid dienone is 3. The maximum absolute atomic E-state index is 13.4. The predicted molar refractivity (Wildman–Crippen MR) is 180 cm³/mol. The first-order valence-electron chi connectivity index (χ1n) is 16.5. The van der Waals surface area contributed by atoms with Crippen LogP contribution in [0.15, 0.2) is 41.7 Å². The summed E-state index contributed by atoms with van der Waals surface area (Å²) in [5.74, 6) is -3.52. The lowest BCUT2D eigenvalue weighted by molar-refractivity contribution is -0.154. The van der Waals surface area contributed by atoms with E-state index in [4.69, 9.17) is 14.2 Å². The molecule has 1 unspecified atom stereocenters. The summed E-state index contributed by atoms with van der Waals surface area (Å²) in [6, 6.07) is 1.99. The van der Waals surface area contributed by atoms with E-state index in [9.17, 15) is 37.5 Å². The Morgan fingerprint density at radius 3 is 2.42 bits per heavy atom. The van der Waals surface area contributed by atoms with Gasteiger partial charge >= 0.3 is 30.0 Å². The zero-order valence-electron chi connectivity index (χ0n) is 28.8. The summed E-state index contributed by atoms with van der Waals surface area (Å²) in [7, 11) is 2.70. The van der Waals surface area contributed by atoms with Crippen LogP contribution >= 0.6 is 0 Å². The third kappa shape index (κ3) is 12.0. The molecule has 52 heavy (non-hydrogen) atoms. The quantitative estimate of drug-likeness (QED) is 0.260. The summed E-state index contributed by atoms with van der Waals surface area (Å²) < 4.78 is 55.7. The summed E-state index contributed by atoms with van der Waals surface area (Å²) in [6.45, 7) is 0.805. The lowest BCUT2D eigenvalue weighted by Crippen LogP contribution is -2.50. The number of anilines is 3. The number of rotatable bonds is 7. The first-order valence-corrected chi connectivity index (χ1v) is 16.5. The molecule has 2 aliphatic heterocycles. The lowest BCUT2D eigenvalue weighted by atomic mass is 9.92. The fraction of sp³-hybridized carbons (Fsp3) is 0.485. The van der Waals surface area contributed by atoms with Crippen molar-refractivity contribution in [3.05, 3.63) is 47.2 Å². The molecule has 0 spiro atoms. The molecular formula is C33H41F3N8O8.